The Morgan fingerprint density at radius 3 is 2.03 bits per heavy atom. The molecule has 0 aliphatic heterocycles. The lowest BCUT2D eigenvalue weighted by molar-refractivity contribution is -0.146. The van der Waals surface area contributed by atoms with E-state index in [4.69, 9.17) is 14.2 Å². The minimum absolute atomic E-state index is 0.280. The molecule has 0 heterocycles. The Bertz CT molecular complexity index is 990. The number of hydrogen-bond acceptors (Lipinski definition) is 5. The van der Waals surface area contributed by atoms with Crippen LogP contribution in [-0.4, -0.2) is 32.1 Å². The van der Waals surface area contributed by atoms with Crippen molar-refractivity contribution in [2.75, 3.05) is 14.2 Å². The Kier molecular flexibility index (Phi) is 8.40. The van der Waals surface area contributed by atoms with Gasteiger partial charge in [0, 0.05) is 13.5 Å². The first kappa shape index (κ1) is 23.0. The molecule has 0 aliphatic rings. The standard InChI is InChI=1S/C26H27NO5/c1-30-24(21-11-7-4-8-12-21)25(28)27-23(26(29)31-2)17-19-13-15-22(16-14-19)32-18-20-9-5-3-6-10-20/h3-16,23-24H,17-18H2,1-2H3,(H,27,28)/t23-,24+/m0/s1. The highest BCUT2D eigenvalue weighted by Crippen LogP contribution is 2.18. The fourth-order valence-corrected chi connectivity index (χ4v) is 3.30. The van der Waals surface area contributed by atoms with Crippen molar-refractivity contribution in [2.24, 2.45) is 0 Å². The molecular weight excluding hydrogens is 406 g/mol. The fourth-order valence-electron chi connectivity index (χ4n) is 3.30. The van der Waals surface area contributed by atoms with Crippen molar-refractivity contribution in [2.45, 2.75) is 25.2 Å². The molecule has 3 rings (SSSR count). The second kappa shape index (κ2) is 11.7. The lowest BCUT2D eigenvalue weighted by Gasteiger charge is -2.21. The molecular formula is C26H27NO5. The van der Waals surface area contributed by atoms with Gasteiger partial charge >= 0.3 is 5.97 Å². The van der Waals surface area contributed by atoms with Crippen LogP contribution in [0.3, 0.4) is 0 Å². The van der Waals surface area contributed by atoms with Crippen molar-refractivity contribution in [1.82, 2.24) is 5.32 Å². The summed E-state index contributed by atoms with van der Waals surface area (Å²) < 4.78 is 16.1. The third kappa shape index (κ3) is 6.43. The van der Waals surface area contributed by atoms with E-state index in [-0.39, 0.29) is 6.42 Å². The average Bonchev–Trinajstić information content (AvgIpc) is 2.84. The summed E-state index contributed by atoms with van der Waals surface area (Å²) in [5, 5.41) is 2.76. The molecule has 166 valence electrons. The van der Waals surface area contributed by atoms with Crippen molar-refractivity contribution in [1.29, 1.82) is 0 Å². The SMILES string of the molecule is COC(=O)[C@H](Cc1ccc(OCc2ccccc2)cc1)NC(=O)[C@H](OC)c1ccccc1. The first-order valence-corrected chi connectivity index (χ1v) is 10.3. The third-order valence-corrected chi connectivity index (χ3v) is 4.99. The molecule has 0 radical (unpaired) electrons. The molecule has 0 fully saturated rings. The van der Waals surface area contributed by atoms with E-state index in [1.54, 1.807) is 12.1 Å². The molecule has 0 bridgehead atoms. The van der Waals surface area contributed by atoms with Crippen molar-refractivity contribution < 1.29 is 23.8 Å². The van der Waals surface area contributed by atoms with Crippen molar-refractivity contribution >= 4 is 11.9 Å². The summed E-state index contributed by atoms with van der Waals surface area (Å²) in [5.41, 5.74) is 2.65. The van der Waals surface area contributed by atoms with E-state index < -0.39 is 24.0 Å². The van der Waals surface area contributed by atoms with Gasteiger partial charge in [-0.15, -0.1) is 0 Å². The molecule has 0 saturated carbocycles. The maximum Gasteiger partial charge on any atom is 0.328 e. The second-order valence-electron chi connectivity index (χ2n) is 7.23. The number of esters is 1. The van der Waals surface area contributed by atoms with E-state index >= 15 is 0 Å². The van der Waals surface area contributed by atoms with Crippen LogP contribution < -0.4 is 10.1 Å². The van der Waals surface area contributed by atoms with Crippen LogP contribution in [0.1, 0.15) is 22.8 Å². The number of carbonyl (C=O) groups excluding carboxylic acids is 2. The van der Waals surface area contributed by atoms with Gasteiger partial charge in [0.25, 0.3) is 5.91 Å². The quantitative estimate of drug-likeness (QED) is 0.492. The summed E-state index contributed by atoms with van der Waals surface area (Å²) in [4.78, 5) is 25.1. The molecule has 0 saturated heterocycles. The maximum absolute atomic E-state index is 12.8. The number of hydrogen-bond donors (Lipinski definition) is 1. The molecule has 3 aromatic rings. The Hall–Kier alpha value is -3.64. The summed E-state index contributed by atoms with van der Waals surface area (Å²) in [5.74, 6) is -0.206. The molecule has 0 aromatic heterocycles. The lowest BCUT2D eigenvalue weighted by Crippen LogP contribution is -2.45. The topological polar surface area (TPSA) is 73.9 Å². The fraction of sp³-hybridized carbons (Fsp3) is 0.231. The molecule has 1 N–H and O–H groups in total. The van der Waals surface area contributed by atoms with Gasteiger partial charge in [-0.2, -0.15) is 0 Å². The number of benzene rings is 3. The number of amides is 1. The average molecular weight is 434 g/mol. The van der Waals surface area contributed by atoms with Gasteiger partial charge in [0.15, 0.2) is 6.10 Å². The summed E-state index contributed by atoms with van der Waals surface area (Å²) in [6, 6.07) is 25.6. The van der Waals surface area contributed by atoms with E-state index in [9.17, 15) is 9.59 Å². The molecule has 3 aromatic carbocycles. The van der Waals surface area contributed by atoms with E-state index in [2.05, 4.69) is 5.32 Å². The zero-order chi connectivity index (χ0) is 22.8. The summed E-state index contributed by atoms with van der Waals surface area (Å²) >= 11 is 0. The Morgan fingerprint density at radius 1 is 0.812 bits per heavy atom. The van der Waals surface area contributed by atoms with E-state index in [1.165, 1.54) is 14.2 Å². The minimum Gasteiger partial charge on any atom is -0.489 e. The molecule has 2 atom stereocenters. The lowest BCUT2D eigenvalue weighted by atomic mass is 10.0. The monoisotopic (exact) mass is 433 g/mol. The number of rotatable bonds is 10. The highest BCUT2D eigenvalue weighted by molar-refractivity contribution is 5.87. The molecule has 0 aliphatic carbocycles. The highest BCUT2D eigenvalue weighted by Gasteiger charge is 2.27. The van der Waals surface area contributed by atoms with Crippen molar-refractivity contribution in [3.63, 3.8) is 0 Å². The van der Waals surface area contributed by atoms with E-state index in [0.717, 1.165) is 16.9 Å². The molecule has 1 amide bonds. The second-order valence-corrected chi connectivity index (χ2v) is 7.23. The van der Waals surface area contributed by atoms with Crippen LogP contribution in [0.15, 0.2) is 84.9 Å². The zero-order valence-electron chi connectivity index (χ0n) is 18.2. The first-order chi connectivity index (χ1) is 15.6. The molecule has 6 nitrogen and oxygen atoms in total. The van der Waals surface area contributed by atoms with Gasteiger partial charge in [0.05, 0.1) is 7.11 Å². The number of ether oxygens (including phenoxy) is 3. The third-order valence-electron chi connectivity index (χ3n) is 4.99. The van der Waals surface area contributed by atoms with Crippen LogP contribution in [0.5, 0.6) is 5.75 Å². The van der Waals surface area contributed by atoms with Crippen LogP contribution in [-0.2, 0) is 32.1 Å². The van der Waals surface area contributed by atoms with Gasteiger partial charge in [-0.25, -0.2) is 4.79 Å². The summed E-state index contributed by atoms with van der Waals surface area (Å²) in [6.07, 6.45) is -0.542. The molecule has 32 heavy (non-hydrogen) atoms. The largest absolute Gasteiger partial charge is 0.489 e. The minimum atomic E-state index is -0.843. The predicted molar refractivity (Wildman–Crippen MR) is 121 cm³/mol. The van der Waals surface area contributed by atoms with E-state index in [0.29, 0.717) is 12.2 Å². The van der Waals surface area contributed by atoms with Crippen LogP contribution in [0.2, 0.25) is 0 Å². The Labute approximate surface area is 188 Å². The van der Waals surface area contributed by atoms with Crippen LogP contribution in [0.25, 0.3) is 0 Å². The number of carbonyl (C=O) groups is 2. The van der Waals surface area contributed by atoms with Crippen LogP contribution >= 0.6 is 0 Å². The first-order valence-electron chi connectivity index (χ1n) is 10.3. The summed E-state index contributed by atoms with van der Waals surface area (Å²) in [6.45, 7) is 0.471. The maximum atomic E-state index is 12.8. The summed E-state index contributed by atoms with van der Waals surface area (Å²) in [7, 11) is 2.76. The van der Waals surface area contributed by atoms with Gasteiger partial charge in [0.1, 0.15) is 18.4 Å². The predicted octanol–water partition coefficient (Wildman–Crippen LogP) is 3.85. The van der Waals surface area contributed by atoms with Crippen LogP contribution in [0.4, 0.5) is 0 Å². The Balaban J connectivity index is 1.63. The number of nitrogens with one attached hydrogen (secondary N) is 1. The molecule has 6 heteroatoms. The normalized spacial score (nSPS) is 12.4. The van der Waals surface area contributed by atoms with Gasteiger partial charge in [-0.3, -0.25) is 4.79 Å². The molecule has 0 unspecified atom stereocenters. The van der Waals surface area contributed by atoms with Gasteiger partial charge in [-0.1, -0.05) is 72.8 Å². The van der Waals surface area contributed by atoms with E-state index in [1.807, 2.05) is 72.8 Å². The van der Waals surface area contributed by atoms with Crippen molar-refractivity contribution in [3.8, 4) is 5.75 Å². The smallest absolute Gasteiger partial charge is 0.328 e. The number of methoxy groups -OCH3 is 2. The van der Waals surface area contributed by atoms with Gasteiger partial charge in [0.2, 0.25) is 0 Å². The van der Waals surface area contributed by atoms with Gasteiger partial charge < -0.3 is 19.5 Å². The Morgan fingerprint density at radius 2 is 1.44 bits per heavy atom. The van der Waals surface area contributed by atoms with Gasteiger partial charge in [-0.05, 0) is 28.8 Å². The molecule has 0 spiro atoms. The zero-order valence-corrected chi connectivity index (χ0v) is 18.2. The highest BCUT2D eigenvalue weighted by atomic mass is 16.5. The van der Waals surface area contributed by atoms with Crippen LogP contribution in [0, 0.1) is 0 Å². The van der Waals surface area contributed by atoms with Crippen molar-refractivity contribution in [3.05, 3.63) is 102 Å².